The lowest BCUT2D eigenvalue weighted by Gasteiger charge is -2.04. The summed E-state index contributed by atoms with van der Waals surface area (Å²) in [5.74, 6) is -0.191. The number of hydrogen-bond donors (Lipinski definition) is 1. The lowest BCUT2D eigenvalue weighted by molar-refractivity contribution is 0.0951. The number of halogens is 3. The van der Waals surface area contributed by atoms with Crippen LogP contribution >= 0.6 is 50.5 Å². The highest BCUT2D eigenvalue weighted by Gasteiger charge is 2.08. The van der Waals surface area contributed by atoms with E-state index in [4.69, 9.17) is 23.2 Å². The topological polar surface area (TPSA) is 29.1 Å². The minimum atomic E-state index is -0.191. The summed E-state index contributed by atoms with van der Waals surface area (Å²) in [7, 11) is 0. The molecule has 0 aliphatic carbocycles. The summed E-state index contributed by atoms with van der Waals surface area (Å²) in [4.78, 5) is 13.0. The number of rotatable bonds is 3. The maximum Gasteiger partial charge on any atom is 0.251 e. The monoisotopic (exact) mass is 363 g/mol. The number of benzene rings is 1. The molecule has 0 atom stereocenters. The summed E-state index contributed by atoms with van der Waals surface area (Å²) in [5, 5.41) is 5.69. The molecule has 0 aliphatic rings. The van der Waals surface area contributed by atoms with Gasteiger partial charge in [-0.1, -0.05) is 23.2 Å². The number of hydrogen-bond acceptors (Lipinski definition) is 2. The van der Waals surface area contributed by atoms with Crippen molar-refractivity contribution >= 4 is 56.4 Å². The molecule has 94 valence electrons. The molecule has 6 heteroatoms. The fourth-order valence-corrected chi connectivity index (χ4v) is 3.32. The van der Waals surface area contributed by atoms with Crippen molar-refractivity contribution in [3.05, 3.63) is 54.6 Å². The number of carbonyl (C=O) groups excluding carboxylic acids is 1. The number of nitrogens with one attached hydrogen (secondary N) is 1. The zero-order valence-electron chi connectivity index (χ0n) is 9.04. The molecule has 0 saturated heterocycles. The minimum Gasteiger partial charge on any atom is -0.347 e. The van der Waals surface area contributed by atoms with Gasteiger partial charge in [-0.3, -0.25) is 4.79 Å². The van der Waals surface area contributed by atoms with E-state index in [0.29, 0.717) is 22.2 Å². The Morgan fingerprint density at radius 2 is 1.89 bits per heavy atom. The number of amides is 1. The Bertz CT molecular complexity index is 565. The Morgan fingerprint density at radius 1 is 1.22 bits per heavy atom. The van der Waals surface area contributed by atoms with Crippen molar-refractivity contribution in [2.75, 3.05) is 0 Å². The lowest BCUT2D eigenvalue weighted by Crippen LogP contribution is -2.22. The molecule has 2 rings (SSSR count). The van der Waals surface area contributed by atoms with E-state index in [2.05, 4.69) is 21.2 Å². The van der Waals surface area contributed by atoms with Crippen LogP contribution in [-0.2, 0) is 6.54 Å². The molecule has 0 fully saturated rings. The highest BCUT2D eigenvalue weighted by molar-refractivity contribution is 9.10. The second-order valence-corrected chi connectivity index (χ2v) is 6.36. The van der Waals surface area contributed by atoms with E-state index in [1.165, 1.54) is 0 Å². The molecule has 1 aromatic heterocycles. The van der Waals surface area contributed by atoms with E-state index in [1.54, 1.807) is 29.5 Å². The van der Waals surface area contributed by atoms with E-state index in [0.717, 1.165) is 9.35 Å². The molecule has 1 amide bonds. The first kappa shape index (κ1) is 13.9. The summed E-state index contributed by atoms with van der Waals surface area (Å²) in [6.07, 6.45) is 0. The van der Waals surface area contributed by atoms with E-state index >= 15 is 0 Å². The Labute approximate surface area is 127 Å². The molecule has 0 radical (unpaired) electrons. The van der Waals surface area contributed by atoms with Crippen molar-refractivity contribution in [1.29, 1.82) is 0 Å². The molecule has 0 unspecified atom stereocenters. The molecule has 0 spiro atoms. The van der Waals surface area contributed by atoms with Crippen molar-refractivity contribution in [1.82, 2.24) is 5.32 Å². The first-order chi connectivity index (χ1) is 8.54. The Balaban J connectivity index is 2.03. The van der Waals surface area contributed by atoms with Gasteiger partial charge in [-0.2, -0.15) is 0 Å². The third kappa shape index (κ3) is 3.72. The van der Waals surface area contributed by atoms with Crippen LogP contribution in [0.15, 0.2) is 34.1 Å². The molecule has 1 aromatic carbocycles. The van der Waals surface area contributed by atoms with E-state index in [-0.39, 0.29) is 5.91 Å². The molecular weight excluding hydrogens is 357 g/mol. The van der Waals surface area contributed by atoms with Crippen LogP contribution in [0.1, 0.15) is 15.2 Å². The highest BCUT2D eigenvalue weighted by atomic mass is 79.9. The lowest BCUT2D eigenvalue weighted by atomic mass is 10.2. The van der Waals surface area contributed by atoms with E-state index in [9.17, 15) is 4.79 Å². The van der Waals surface area contributed by atoms with Crippen LogP contribution in [0.4, 0.5) is 0 Å². The molecule has 0 bridgehead atoms. The van der Waals surface area contributed by atoms with Gasteiger partial charge in [-0.05, 0) is 40.2 Å². The fraction of sp³-hybridized carbons (Fsp3) is 0.0833. The molecule has 18 heavy (non-hydrogen) atoms. The van der Waals surface area contributed by atoms with Crippen molar-refractivity contribution in [2.24, 2.45) is 0 Å². The van der Waals surface area contributed by atoms with Crippen LogP contribution in [0.5, 0.6) is 0 Å². The van der Waals surface area contributed by atoms with Gasteiger partial charge in [0, 0.05) is 30.3 Å². The van der Waals surface area contributed by atoms with Crippen LogP contribution in [0, 0.1) is 0 Å². The van der Waals surface area contributed by atoms with Gasteiger partial charge in [-0.25, -0.2) is 0 Å². The van der Waals surface area contributed by atoms with Gasteiger partial charge in [0.1, 0.15) is 0 Å². The van der Waals surface area contributed by atoms with Gasteiger partial charge in [0.05, 0.1) is 6.54 Å². The third-order valence-electron chi connectivity index (χ3n) is 2.17. The summed E-state index contributed by atoms with van der Waals surface area (Å²) in [5.41, 5.74) is 0.461. The first-order valence-corrected chi connectivity index (χ1v) is 7.44. The van der Waals surface area contributed by atoms with Crippen LogP contribution in [0.2, 0.25) is 10.0 Å². The van der Waals surface area contributed by atoms with Crippen LogP contribution in [-0.4, -0.2) is 5.91 Å². The predicted molar refractivity (Wildman–Crippen MR) is 79.7 cm³/mol. The van der Waals surface area contributed by atoms with Gasteiger partial charge in [-0.15, -0.1) is 11.3 Å². The smallest absolute Gasteiger partial charge is 0.251 e. The number of carbonyl (C=O) groups is 1. The first-order valence-electron chi connectivity index (χ1n) is 5.02. The average Bonchev–Trinajstić information content (AvgIpc) is 2.70. The van der Waals surface area contributed by atoms with Gasteiger partial charge in [0.15, 0.2) is 0 Å². The predicted octanol–water partition coefficient (Wildman–Crippen LogP) is 4.75. The largest absolute Gasteiger partial charge is 0.347 e. The molecule has 1 heterocycles. The SMILES string of the molecule is O=C(NCc1cc(Br)cs1)c1cc(Cl)cc(Cl)c1. The molecule has 2 aromatic rings. The van der Waals surface area contributed by atoms with Gasteiger partial charge >= 0.3 is 0 Å². The van der Waals surface area contributed by atoms with E-state index < -0.39 is 0 Å². The normalized spacial score (nSPS) is 10.4. The Kier molecular flexibility index (Phi) is 4.67. The Hall–Kier alpha value is -0.550. The summed E-state index contributed by atoms with van der Waals surface area (Å²) in [6.45, 7) is 0.485. The quantitative estimate of drug-likeness (QED) is 0.836. The van der Waals surface area contributed by atoms with Crippen molar-refractivity contribution in [3.8, 4) is 0 Å². The maximum atomic E-state index is 11.9. The highest BCUT2D eigenvalue weighted by Crippen LogP contribution is 2.21. The molecular formula is C12H8BrCl2NOS. The van der Waals surface area contributed by atoms with Crippen molar-refractivity contribution in [2.45, 2.75) is 6.54 Å². The van der Waals surface area contributed by atoms with Crippen LogP contribution in [0.25, 0.3) is 0 Å². The number of thiophene rings is 1. The summed E-state index contributed by atoms with van der Waals surface area (Å²) >= 11 is 16.6. The van der Waals surface area contributed by atoms with Gasteiger partial charge in [0.2, 0.25) is 0 Å². The van der Waals surface area contributed by atoms with Crippen molar-refractivity contribution < 1.29 is 4.79 Å². The van der Waals surface area contributed by atoms with E-state index in [1.807, 2.05) is 11.4 Å². The standard InChI is InChI=1S/C12H8BrCl2NOS/c13-8-3-11(18-6-8)5-16-12(17)7-1-9(14)4-10(15)2-7/h1-4,6H,5H2,(H,16,17). The average molecular weight is 365 g/mol. The fourth-order valence-electron chi connectivity index (χ4n) is 1.40. The second kappa shape index (κ2) is 6.06. The zero-order chi connectivity index (χ0) is 13.1. The molecule has 2 nitrogen and oxygen atoms in total. The molecule has 1 N–H and O–H groups in total. The zero-order valence-corrected chi connectivity index (χ0v) is 13.0. The maximum absolute atomic E-state index is 11.9. The van der Waals surface area contributed by atoms with Gasteiger partial charge < -0.3 is 5.32 Å². The van der Waals surface area contributed by atoms with Gasteiger partial charge in [0.25, 0.3) is 5.91 Å². The second-order valence-electron chi connectivity index (χ2n) is 3.57. The molecule has 0 saturated carbocycles. The minimum absolute atomic E-state index is 0.191. The van der Waals surface area contributed by atoms with Crippen LogP contribution < -0.4 is 5.32 Å². The van der Waals surface area contributed by atoms with Crippen LogP contribution in [0.3, 0.4) is 0 Å². The van der Waals surface area contributed by atoms with Crippen molar-refractivity contribution in [3.63, 3.8) is 0 Å². The summed E-state index contributed by atoms with van der Waals surface area (Å²) < 4.78 is 1.02. The molecule has 0 aliphatic heterocycles. The summed E-state index contributed by atoms with van der Waals surface area (Å²) in [6, 6.07) is 6.74. The third-order valence-corrected chi connectivity index (χ3v) is 4.30. The Morgan fingerprint density at radius 3 is 2.44 bits per heavy atom.